The van der Waals surface area contributed by atoms with Gasteiger partial charge in [-0.05, 0) is 32.4 Å². The summed E-state index contributed by atoms with van der Waals surface area (Å²) < 4.78 is 34.3. The van der Waals surface area contributed by atoms with Crippen molar-refractivity contribution >= 4 is 15.7 Å². The molecule has 0 aliphatic rings. The van der Waals surface area contributed by atoms with Gasteiger partial charge in [-0.1, -0.05) is 0 Å². The third-order valence-corrected chi connectivity index (χ3v) is 4.75. The summed E-state index contributed by atoms with van der Waals surface area (Å²) >= 11 is 0. The van der Waals surface area contributed by atoms with Crippen molar-refractivity contribution in [3.8, 4) is 5.88 Å². The minimum Gasteiger partial charge on any atom is -0.480 e. The lowest BCUT2D eigenvalue weighted by atomic mass is 10.3. The molecule has 0 aliphatic heterocycles. The van der Waals surface area contributed by atoms with Gasteiger partial charge < -0.3 is 4.74 Å². The lowest BCUT2D eigenvalue weighted by molar-refractivity contribution is 0.400. The number of aryl methyl sites for hydroxylation is 3. The van der Waals surface area contributed by atoms with E-state index in [1.807, 2.05) is 6.92 Å². The van der Waals surface area contributed by atoms with Gasteiger partial charge in [0.05, 0.1) is 18.5 Å². The first kappa shape index (κ1) is 15.3. The number of ether oxygens (including phenoxy) is 1. The normalized spacial score (nSPS) is 11.5. The molecule has 1 N–H and O–H groups in total. The first-order chi connectivity index (χ1) is 9.76. The van der Waals surface area contributed by atoms with Gasteiger partial charge in [0.25, 0.3) is 10.0 Å². The number of nitrogens with one attached hydrogen (secondary N) is 1. The fraction of sp³-hybridized carbons (Fsp3) is 0.385. The van der Waals surface area contributed by atoms with E-state index in [1.165, 1.54) is 11.8 Å². The van der Waals surface area contributed by atoms with Gasteiger partial charge in [-0.15, -0.1) is 0 Å². The molecule has 0 saturated carbocycles. The Balaban J connectivity index is 2.50. The summed E-state index contributed by atoms with van der Waals surface area (Å²) in [4.78, 5) is 4.23. The van der Waals surface area contributed by atoms with E-state index < -0.39 is 10.0 Å². The van der Waals surface area contributed by atoms with Crippen molar-refractivity contribution in [2.75, 3.05) is 11.8 Å². The number of hydrogen-bond donors (Lipinski definition) is 1. The van der Waals surface area contributed by atoms with Crippen LogP contribution in [0.3, 0.4) is 0 Å². The molecule has 7 nitrogen and oxygen atoms in total. The highest BCUT2D eigenvalue weighted by Gasteiger charge is 2.25. The molecule has 0 saturated heterocycles. The molecule has 0 radical (unpaired) electrons. The Morgan fingerprint density at radius 3 is 2.48 bits per heavy atom. The van der Waals surface area contributed by atoms with Gasteiger partial charge in [0.1, 0.15) is 10.6 Å². The molecule has 2 heterocycles. The van der Waals surface area contributed by atoms with Crippen molar-refractivity contribution in [2.45, 2.75) is 25.7 Å². The highest BCUT2D eigenvalue weighted by molar-refractivity contribution is 7.92. The first-order valence-corrected chi connectivity index (χ1v) is 7.78. The highest BCUT2D eigenvalue weighted by Crippen LogP contribution is 2.27. The molecule has 0 unspecified atom stereocenters. The summed E-state index contributed by atoms with van der Waals surface area (Å²) in [5, 5.41) is 4.13. The van der Waals surface area contributed by atoms with Crippen LogP contribution in [-0.4, -0.2) is 30.3 Å². The molecule has 2 rings (SSSR count). The van der Waals surface area contributed by atoms with Gasteiger partial charge in [0.15, 0.2) is 0 Å². The van der Waals surface area contributed by atoms with E-state index in [-0.39, 0.29) is 10.8 Å². The molecular formula is C13H18N4O3S. The number of rotatable bonds is 4. The van der Waals surface area contributed by atoms with Crippen LogP contribution in [0.4, 0.5) is 5.69 Å². The topological polar surface area (TPSA) is 86.1 Å². The Labute approximate surface area is 124 Å². The Morgan fingerprint density at radius 2 is 1.95 bits per heavy atom. The molecule has 0 spiro atoms. The molecule has 0 bridgehead atoms. The minimum atomic E-state index is -3.76. The second kappa shape index (κ2) is 5.36. The molecule has 0 amide bonds. The summed E-state index contributed by atoms with van der Waals surface area (Å²) in [6.45, 7) is 5.19. The summed E-state index contributed by atoms with van der Waals surface area (Å²) in [5.74, 6) is 0.225. The van der Waals surface area contributed by atoms with Gasteiger partial charge in [-0.25, -0.2) is 13.4 Å². The van der Waals surface area contributed by atoms with E-state index in [4.69, 9.17) is 4.74 Å². The van der Waals surface area contributed by atoms with E-state index >= 15 is 0 Å². The van der Waals surface area contributed by atoms with E-state index in [1.54, 1.807) is 33.2 Å². The minimum absolute atomic E-state index is 0.175. The number of hydrogen-bond acceptors (Lipinski definition) is 5. The van der Waals surface area contributed by atoms with Crippen LogP contribution in [0.1, 0.15) is 17.0 Å². The lowest BCUT2D eigenvalue weighted by Gasteiger charge is -2.11. The summed E-state index contributed by atoms with van der Waals surface area (Å²) in [6.07, 6.45) is 1.61. The summed E-state index contributed by atoms with van der Waals surface area (Å²) in [6, 6.07) is 1.67. The van der Waals surface area contributed by atoms with E-state index in [2.05, 4.69) is 14.8 Å². The maximum atomic E-state index is 12.6. The Hall–Kier alpha value is -2.09. The van der Waals surface area contributed by atoms with Crippen LogP contribution in [-0.2, 0) is 17.1 Å². The second-order valence-electron chi connectivity index (χ2n) is 4.80. The molecule has 0 aromatic carbocycles. The monoisotopic (exact) mass is 310 g/mol. The van der Waals surface area contributed by atoms with Crippen LogP contribution in [0, 0.1) is 20.8 Å². The van der Waals surface area contributed by atoms with Crippen LogP contribution < -0.4 is 9.46 Å². The Kier molecular flexibility index (Phi) is 3.91. The third kappa shape index (κ3) is 2.85. The van der Waals surface area contributed by atoms with Gasteiger partial charge in [0, 0.05) is 13.2 Å². The van der Waals surface area contributed by atoms with E-state index in [0.717, 1.165) is 5.56 Å². The predicted molar refractivity (Wildman–Crippen MR) is 79.0 cm³/mol. The largest absolute Gasteiger partial charge is 0.480 e. The van der Waals surface area contributed by atoms with Crippen molar-refractivity contribution in [3.05, 3.63) is 29.2 Å². The highest BCUT2D eigenvalue weighted by atomic mass is 32.2. The summed E-state index contributed by atoms with van der Waals surface area (Å²) in [5.41, 5.74) is 2.15. The second-order valence-corrected chi connectivity index (χ2v) is 6.42. The number of aromatic nitrogens is 3. The predicted octanol–water partition coefficient (Wildman–Crippen LogP) is 1.55. The van der Waals surface area contributed by atoms with Crippen LogP contribution >= 0.6 is 0 Å². The van der Waals surface area contributed by atoms with Crippen molar-refractivity contribution in [3.63, 3.8) is 0 Å². The van der Waals surface area contributed by atoms with Gasteiger partial charge >= 0.3 is 0 Å². The Bertz CT molecular complexity index is 781. The van der Waals surface area contributed by atoms with Crippen LogP contribution in [0.15, 0.2) is 17.2 Å². The fourth-order valence-corrected chi connectivity index (χ4v) is 3.62. The maximum Gasteiger partial charge on any atom is 0.265 e. The van der Waals surface area contributed by atoms with Crippen LogP contribution in [0.25, 0.3) is 0 Å². The standard InChI is InChI=1S/C13H18N4O3S/c1-8-6-11(13(20-5)14-7-8)16-21(18,19)12-9(2)15-17(4)10(12)3/h6-7,16H,1-5H3. The molecule has 114 valence electrons. The van der Waals surface area contributed by atoms with E-state index in [9.17, 15) is 8.42 Å². The number of nitrogens with zero attached hydrogens (tertiary/aromatic N) is 3. The SMILES string of the molecule is COc1ncc(C)cc1NS(=O)(=O)c1c(C)nn(C)c1C. The van der Waals surface area contributed by atoms with Crippen molar-refractivity contribution < 1.29 is 13.2 Å². The fourth-order valence-electron chi connectivity index (χ4n) is 2.13. The molecule has 8 heteroatoms. The Morgan fingerprint density at radius 1 is 1.29 bits per heavy atom. The molecular weight excluding hydrogens is 292 g/mol. The molecule has 0 aliphatic carbocycles. The number of sulfonamides is 1. The summed E-state index contributed by atoms with van der Waals surface area (Å²) in [7, 11) is -0.611. The third-order valence-electron chi connectivity index (χ3n) is 3.14. The van der Waals surface area contributed by atoms with E-state index in [0.29, 0.717) is 17.1 Å². The molecule has 2 aromatic rings. The quantitative estimate of drug-likeness (QED) is 0.926. The van der Waals surface area contributed by atoms with Crippen LogP contribution in [0.2, 0.25) is 0 Å². The van der Waals surface area contributed by atoms with Crippen molar-refractivity contribution in [2.24, 2.45) is 7.05 Å². The smallest absolute Gasteiger partial charge is 0.265 e. The molecule has 0 fully saturated rings. The average molecular weight is 310 g/mol. The van der Waals surface area contributed by atoms with Crippen molar-refractivity contribution in [1.82, 2.24) is 14.8 Å². The molecule has 0 atom stereocenters. The molecule has 2 aromatic heterocycles. The molecule has 21 heavy (non-hydrogen) atoms. The van der Waals surface area contributed by atoms with Gasteiger partial charge in [-0.2, -0.15) is 5.10 Å². The zero-order valence-corrected chi connectivity index (χ0v) is 13.4. The van der Waals surface area contributed by atoms with Gasteiger partial charge in [0.2, 0.25) is 5.88 Å². The average Bonchev–Trinajstić information content (AvgIpc) is 2.63. The lowest BCUT2D eigenvalue weighted by Crippen LogP contribution is -2.16. The maximum absolute atomic E-state index is 12.6. The number of methoxy groups -OCH3 is 1. The number of anilines is 1. The van der Waals surface area contributed by atoms with Crippen molar-refractivity contribution in [1.29, 1.82) is 0 Å². The zero-order chi connectivity index (χ0) is 15.8. The van der Waals surface area contributed by atoms with Crippen LogP contribution in [0.5, 0.6) is 5.88 Å². The first-order valence-electron chi connectivity index (χ1n) is 6.30. The van der Waals surface area contributed by atoms with Gasteiger partial charge in [-0.3, -0.25) is 9.40 Å². The number of pyridine rings is 1. The zero-order valence-electron chi connectivity index (χ0n) is 12.6.